The van der Waals surface area contributed by atoms with Crippen molar-refractivity contribution in [2.24, 2.45) is 0 Å². The molecule has 8 heavy (non-hydrogen) atoms. The van der Waals surface area contributed by atoms with Gasteiger partial charge in [-0.05, 0) is 13.0 Å². The Morgan fingerprint density at radius 3 is 2.88 bits per heavy atom. The highest BCUT2D eigenvalue weighted by atomic mass is 16.5. The minimum absolute atomic E-state index is 0.613. The van der Waals surface area contributed by atoms with Crippen LogP contribution in [-0.2, 0) is 0 Å². The molecule has 0 radical (unpaired) electrons. The first-order chi connectivity index (χ1) is 3.80. The summed E-state index contributed by atoms with van der Waals surface area (Å²) in [4.78, 5) is 0. The van der Waals surface area contributed by atoms with Crippen LogP contribution in [0.5, 0.6) is 0 Å². The molecule has 0 saturated carbocycles. The third kappa shape index (κ3) is 0.898. The number of hydrogen-bond donors (Lipinski definition) is 1. The Morgan fingerprint density at radius 1 is 1.75 bits per heavy atom. The van der Waals surface area contributed by atoms with Gasteiger partial charge in [-0.3, -0.25) is 10.3 Å². The summed E-state index contributed by atoms with van der Waals surface area (Å²) in [7, 11) is 0. The van der Waals surface area contributed by atoms with E-state index in [9.17, 15) is 0 Å². The molecule has 44 valence electrons. The Labute approximate surface area is 48.7 Å². The van der Waals surface area contributed by atoms with E-state index in [0.717, 1.165) is 5.70 Å². The predicted octanol–water partition coefficient (Wildman–Crippen LogP) is 1.15. The van der Waals surface area contributed by atoms with Gasteiger partial charge in [-0.25, -0.2) is 0 Å². The van der Waals surface area contributed by atoms with Crippen molar-refractivity contribution >= 4 is 0 Å². The maximum Gasteiger partial charge on any atom is 0.0633 e. The molecule has 0 spiro atoms. The quantitative estimate of drug-likeness (QED) is 0.507. The van der Waals surface area contributed by atoms with Crippen molar-refractivity contribution < 1.29 is 5.21 Å². The SMILES string of the molecule is CC1=CC=CCN1O. The Balaban J connectivity index is 2.66. The van der Waals surface area contributed by atoms with Crippen LogP contribution < -0.4 is 0 Å². The second-order valence-corrected chi connectivity index (χ2v) is 1.82. The lowest BCUT2D eigenvalue weighted by molar-refractivity contribution is -0.0450. The highest BCUT2D eigenvalue weighted by Crippen LogP contribution is 2.03. The first-order valence-electron chi connectivity index (χ1n) is 2.60. The zero-order chi connectivity index (χ0) is 5.98. The molecule has 2 nitrogen and oxygen atoms in total. The summed E-state index contributed by atoms with van der Waals surface area (Å²) < 4.78 is 0. The molecule has 0 fully saturated rings. The van der Waals surface area contributed by atoms with Gasteiger partial charge in [-0.2, -0.15) is 0 Å². The minimum atomic E-state index is 0.613. The van der Waals surface area contributed by atoms with E-state index >= 15 is 0 Å². The number of allylic oxidation sites excluding steroid dienone is 3. The maximum atomic E-state index is 8.89. The fraction of sp³-hybridized carbons (Fsp3) is 0.333. The Kier molecular flexibility index (Phi) is 1.35. The largest absolute Gasteiger partial charge is 0.288 e. The first kappa shape index (κ1) is 5.38. The summed E-state index contributed by atoms with van der Waals surface area (Å²) in [5.41, 5.74) is 0.896. The van der Waals surface area contributed by atoms with Gasteiger partial charge in [0.2, 0.25) is 0 Å². The lowest BCUT2D eigenvalue weighted by Crippen LogP contribution is -2.18. The number of rotatable bonds is 0. The molecule has 0 atom stereocenters. The van der Waals surface area contributed by atoms with Gasteiger partial charge in [-0.15, -0.1) is 0 Å². The van der Waals surface area contributed by atoms with Crippen molar-refractivity contribution in [1.29, 1.82) is 0 Å². The summed E-state index contributed by atoms with van der Waals surface area (Å²) in [6, 6.07) is 0. The molecule has 1 aliphatic rings. The van der Waals surface area contributed by atoms with Crippen LogP contribution in [0.2, 0.25) is 0 Å². The lowest BCUT2D eigenvalue weighted by atomic mass is 10.3. The van der Waals surface area contributed by atoms with E-state index in [2.05, 4.69) is 0 Å². The Morgan fingerprint density at radius 2 is 2.50 bits per heavy atom. The van der Waals surface area contributed by atoms with Crippen molar-refractivity contribution in [3.63, 3.8) is 0 Å². The van der Waals surface area contributed by atoms with Gasteiger partial charge in [0.25, 0.3) is 0 Å². The molecular weight excluding hydrogens is 102 g/mol. The fourth-order valence-corrected chi connectivity index (χ4v) is 0.598. The molecule has 2 heteroatoms. The number of hydroxylamine groups is 2. The normalized spacial score (nSPS) is 18.8. The van der Waals surface area contributed by atoms with Crippen LogP contribution in [0, 0.1) is 0 Å². The third-order valence-electron chi connectivity index (χ3n) is 1.16. The lowest BCUT2D eigenvalue weighted by Gasteiger charge is -2.16. The van der Waals surface area contributed by atoms with Crippen molar-refractivity contribution in [3.05, 3.63) is 23.9 Å². The molecular formula is C6H9NO. The molecule has 0 aliphatic carbocycles. The average molecular weight is 111 g/mol. The Bertz CT molecular complexity index is 137. The van der Waals surface area contributed by atoms with Crippen LogP contribution in [0.15, 0.2) is 23.9 Å². The van der Waals surface area contributed by atoms with E-state index < -0.39 is 0 Å². The van der Waals surface area contributed by atoms with Crippen LogP contribution in [0.25, 0.3) is 0 Å². The summed E-state index contributed by atoms with van der Waals surface area (Å²) in [6.07, 6.45) is 5.69. The number of nitrogens with zero attached hydrogens (tertiary/aromatic N) is 1. The van der Waals surface area contributed by atoms with Gasteiger partial charge >= 0.3 is 0 Å². The van der Waals surface area contributed by atoms with E-state index in [1.165, 1.54) is 5.06 Å². The second-order valence-electron chi connectivity index (χ2n) is 1.82. The number of hydrogen-bond acceptors (Lipinski definition) is 2. The van der Waals surface area contributed by atoms with Gasteiger partial charge in [0.15, 0.2) is 0 Å². The fourth-order valence-electron chi connectivity index (χ4n) is 0.598. The molecule has 1 heterocycles. The molecule has 0 aromatic carbocycles. The van der Waals surface area contributed by atoms with Crippen LogP contribution in [-0.4, -0.2) is 16.8 Å². The van der Waals surface area contributed by atoms with Crippen molar-refractivity contribution in [2.45, 2.75) is 6.92 Å². The van der Waals surface area contributed by atoms with E-state index in [0.29, 0.717) is 6.54 Å². The molecule has 0 aromatic heterocycles. The highest BCUT2D eigenvalue weighted by molar-refractivity contribution is 5.13. The van der Waals surface area contributed by atoms with E-state index in [-0.39, 0.29) is 0 Å². The minimum Gasteiger partial charge on any atom is -0.288 e. The zero-order valence-corrected chi connectivity index (χ0v) is 4.83. The molecule has 1 rings (SSSR count). The van der Waals surface area contributed by atoms with Gasteiger partial charge in [-0.1, -0.05) is 12.2 Å². The zero-order valence-electron chi connectivity index (χ0n) is 4.83. The van der Waals surface area contributed by atoms with Gasteiger partial charge in [0.05, 0.1) is 6.54 Å². The molecule has 0 saturated heterocycles. The monoisotopic (exact) mass is 111 g/mol. The van der Waals surface area contributed by atoms with E-state index in [4.69, 9.17) is 5.21 Å². The highest BCUT2D eigenvalue weighted by Gasteiger charge is 1.98. The Hall–Kier alpha value is -0.760. The third-order valence-corrected chi connectivity index (χ3v) is 1.16. The van der Waals surface area contributed by atoms with E-state index in [1.54, 1.807) is 0 Å². The van der Waals surface area contributed by atoms with Crippen molar-refractivity contribution in [2.75, 3.05) is 6.54 Å². The van der Waals surface area contributed by atoms with Crippen molar-refractivity contribution in [3.8, 4) is 0 Å². The first-order valence-corrected chi connectivity index (χ1v) is 2.60. The predicted molar refractivity (Wildman–Crippen MR) is 31.4 cm³/mol. The molecule has 1 aliphatic heterocycles. The van der Waals surface area contributed by atoms with Crippen LogP contribution in [0.4, 0.5) is 0 Å². The summed E-state index contributed by atoms with van der Waals surface area (Å²) >= 11 is 0. The van der Waals surface area contributed by atoms with Crippen LogP contribution in [0.3, 0.4) is 0 Å². The average Bonchev–Trinajstić information content (AvgIpc) is 1.77. The van der Waals surface area contributed by atoms with Crippen molar-refractivity contribution in [1.82, 2.24) is 5.06 Å². The van der Waals surface area contributed by atoms with Crippen LogP contribution in [0.1, 0.15) is 6.92 Å². The smallest absolute Gasteiger partial charge is 0.0633 e. The topological polar surface area (TPSA) is 23.5 Å². The molecule has 0 unspecified atom stereocenters. The second kappa shape index (κ2) is 2.01. The standard InChI is InChI=1S/C6H9NO/c1-6-4-2-3-5-7(6)8/h2-4,8H,5H2,1H3. The van der Waals surface area contributed by atoms with Crippen LogP contribution >= 0.6 is 0 Å². The maximum absolute atomic E-state index is 8.89. The van der Waals surface area contributed by atoms with E-state index in [1.807, 2.05) is 25.2 Å². The summed E-state index contributed by atoms with van der Waals surface area (Å²) in [5.74, 6) is 0. The molecule has 0 amide bonds. The molecule has 0 bridgehead atoms. The molecule has 1 N–H and O–H groups in total. The molecule has 0 aromatic rings. The van der Waals surface area contributed by atoms with Gasteiger partial charge < -0.3 is 0 Å². The summed E-state index contributed by atoms with van der Waals surface area (Å²) in [6.45, 7) is 2.48. The van der Waals surface area contributed by atoms with Gasteiger partial charge in [0, 0.05) is 5.70 Å². The van der Waals surface area contributed by atoms with Gasteiger partial charge in [0.1, 0.15) is 0 Å². The summed E-state index contributed by atoms with van der Waals surface area (Å²) in [5, 5.41) is 10.1.